The monoisotopic (exact) mass is 804 g/mol. The third kappa shape index (κ3) is 43.7. The van der Waals surface area contributed by atoms with E-state index in [9.17, 15) is 19.8 Å². The van der Waals surface area contributed by atoms with Gasteiger partial charge < -0.3 is 20.3 Å². The summed E-state index contributed by atoms with van der Waals surface area (Å²) >= 11 is 0. The highest BCUT2D eigenvalue weighted by Gasteiger charge is 2.18. The van der Waals surface area contributed by atoms with E-state index in [2.05, 4.69) is 31.3 Å². The largest absolute Gasteiger partial charge is 0.466 e. The van der Waals surface area contributed by atoms with Crippen molar-refractivity contribution in [3.05, 3.63) is 24.3 Å². The number of rotatable bonds is 46. The maximum absolute atomic E-state index is 12.4. The van der Waals surface area contributed by atoms with E-state index in [1.807, 2.05) is 6.08 Å². The van der Waals surface area contributed by atoms with Gasteiger partial charge in [0.25, 0.3) is 0 Å². The Morgan fingerprint density at radius 2 is 0.842 bits per heavy atom. The SMILES string of the molecule is CCCC/C=C\CCCCCCCC(=O)OCCCCCCCCCCCCCCCCCCCC(=O)NC(CO)C(O)/C=C/CCCCCCCCCCCC. The Labute approximate surface area is 354 Å². The van der Waals surface area contributed by atoms with E-state index in [1.165, 1.54) is 193 Å². The van der Waals surface area contributed by atoms with Crippen LogP contribution in [0.15, 0.2) is 24.3 Å². The van der Waals surface area contributed by atoms with E-state index >= 15 is 0 Å². The first kappa shape index (κ1) is 55.3. The quantitative estimate of drug-likeness (QED) is 0.0324. The fraction of sp³-hybridized carbons (Fsp3) is 0.882. The molecule has 336 valence electrons. The summed E-state index contributed by atoms with van der Waals surface area (Å²) in [7, 11) is 0. The van der Waals surface area contributed by atoms with Crippen LogP contribution < -0.4 is 5.32 Å². The molecule has 0 aliphatic heterocycles. The van der Waals surface area contributed by atoms with Gasteiger partial charge >= 0.3 is 5.97 Å². The topological polar surface area (TPSA) is 95.9 Å². The Kier molecular flexibility index (Phi) is 45.7. The number of unbranched alkanes of at least 4 members (excludes halogenated alkanes) is 33. The molecule has 0 spiro atoms. The van der Waals surface area contributed by atoms with Crippen LogP contribution in [0.1, 0.15) is 264 Å². The number of carbonyl (C=O) groups excluding carboxylic acids is 2. The minimum atomic E-state index is -0.846. The molecule has 0 aromatic carbocycles. The minimum Gasteiger partial charge on any atom is -0.466 e. The van der Waals surface area contributed by atoms with Gasteiger partial charge in [0, 0.05) is 12.8 Å². The fourth-order valence-electron chi connectivity index (χ4n) is 7.55. The second kappa shape index (κ2) is 47.0. The normalized spacial score (nSPS) is 12.8. The molecule has 0 fully saturated rings. The molecule has 0 rings (SSSR count). The van der Waals surface area contributed by atoms with E-state index in [1.54, 1.807) is 6.08 Å². The van der Waals surface area contributed by atoms with Crippen LogP contribution in [0.3, 0.4) is 0 Å². The van der Waals surface area contributed by atoms with Crippen LogP contribution in [-0.2, 0) is 14.3 Å². The molecule has 0 heterocycles. The summed E-state index contributed by atoms with van der Waals surface area (Å²) in [5.41, 5.74) is 0. The zero-order valence-electron chi connectivity index (χ0n) is 38.1. The van der Waals surface area contributed by atoms with Crippen molar-refractivity contribution in [2.45, 2.75) is 276 Å². The van der Waals surface area contributed by atoms with Gasteiger partial charge in [-0.05, 0) is 51.4 Å². The van der Waals surface area contributed by atoms with Crippen molar-refractivity contribution < 1.29 is 24.5 Å². The zero-order valence-corrected chi connectivity index (χ0v) is 38.1. The first-order valence-corrected chi connectivity index (χ1v) is 25.1. The average molecular weight is 804 g/mol. The van der Waals surface area contributed by atoms with Gasteiger partial charge in [0.1, 0.15) is 0 Å². The summed E-state index contributed by atoms with van der Waals surface area (Å²) < 4.78 is 5.44. The molecule has 0 aromatic heterocycles. The van der Waals surface area contributed by atoms with E-state index in [-0.39, 0.29) is 18.5 Å². The average Bonchev–Trinajstić information content (AvgIpc) is 3.21. The molecule has 2 unspecified atom stereocenters. The second-order valence-electron chi connectivity index (χ2n) is 17.1. The molecule has 0 aliphatic carbocycles. The number of amides is 1. The third-order valence-corrected chi connectivity index (χ3v) is 11.5. The standard InChI is InChI=1S/C51H97NO5/c1-3-5-7-9-11-13-15-24-27-31-35-39-43-49(54)48(47-53)52-50(55)44-40-36-32-28-25-21-19-17-16-18-20-22-26-30-34-38-42-46-57-51(56)45-41-37-33-29-23-14-12-10-8-6-4-2/h10,12,39,43,48-49,53-54H,3-9,11,13-38,40-42,44-47H2,1-2H3,(H,52,55)/b12-10-,43-39+. The van der Waals surface area contributed by atoms with Crippen LogP contribution in [0.2, 0.25) is 0 Å². The van der Waals surface area contributed by atoms with Crippen molar-refractivity contribution >= 4 is 11.9 Å². The summed E-state index contributed by atoms with van der Waals surface area (Å²) in [4.78, 5) is 24.4. The molecule has 2 atom stereocenters. The molecule has 1 amide bonds. The molecule has 0 saturated heterocycles. The van der Waals surface area contributed by atoms with Crippen molar-refractivity contribution in [2.75, 3.05) is 13.2 Å². The molecule has 0 aliphatic rings. The maximum Gasteiger partial charge on any atom is 0.305 e. The number of hydrogen-bond donors (Lipinski definition) is 3. The molecule has 0 bridgehead atoms. The number of ether oxygens (including phenoxy) is 1. The molecule has 6 heteroatoms. The number of nitrogens with one attached hydrogen (secondary N) is 1. The van der Waals surface area contributed by atoms with Crippen molar-refractivity contribution in [1.29, 1.82) is 0 Å². The smallest absolute Gasteiger partial charge is 0.305 e. The Morgan fingerprint density at radius 1 is 0.474 bits per heavy atom. The van der Waals surface area contributed by atoms with E-state index < -0.39 is 12.1 Å². The van der Waals surface area contributed by atoms with Gasteiger partial charge in [-0.2, -0.15) is 0 Å². The van der Waals surface area contributed by atoms with Crippen molar-refractivity contribution in [1.82, 2.24) is 5.32 Å². The number of esters is 1. The first-order valence-electron chi connectivity index (χ1n) is 25.1. The number of aliphatic hydroxyl groups excluding tert-OH is 2. The number of carbonyl (C=O) groups is 2. The van der Waals surface area contributed by atoms with Crippen molar-refractivity contribution in [2.24, 2.45) is 0 Å². The highest BCUT2D eigenvalue weighted by Crippen LogP contribution is 2.16. The minimum absolute atomic E-state index is 0.00719. The maximum atomic E-state index is 12.4. The van der Waals surface area contributed by atoms with Crippen LogP contribution in [0.4, 0.5) is 0 Å². The van der Waals surface area contributed by atoms with E-state index in [0.29, 0.717) is 19.4 Å². The Morgan fingerprint density at radius 3 is 1.30 bits per heavy atom. The zero-order chi connectivity index (χ0) is 41.5. The molecule has 57 heavy (non-hydrogen) atoms. The molecular weight excluding hydrogens is 707 g/mol. The lowest BCUT2D eigenvalue weighted by atomic mass is 10.0. The Hall–Kier alpha value is -1.66. The first-order chi connectivity index (χ1) is 28.0. The van der Waals surface area contributed by atoms with Gasteiger partial charge in [-0.25, -0.2) is 0 Å². The highest BCUT2D eigenvalue weighted by atomic mass is 16.5. The lowest BCUT2D eigenvalue weighted by molar-refractivity contribution is -0.143. The number of aliphatic hydroxyl groups is 2. The molecule has 0 radical (unpaired) electrons. The van der Waals surface area contributed by atoms with Gasteiger partial charge in [-0.1, -0.05) is 224 Å². The van der Waals surface area contributed by atoms with Gasteiger partial charge in [-0.15, -0.1) is 0 Å². The highest BCUT2D eigenvalue weighted by molar-refractivity contribution is 5.76. The molecule has 0 saturated carbocycles. The molecular formula is C51H97NO5. The van der Waals surface area contributed by atoms with E-state index in [0.717, 1.165) is 44.9 Å². The van der Waals surface area contributed by atoms with Crippen LogP contribution in [0.5, 0.6) is 0 Å². The third-order valence-electron chi connectivity index (χ3n) is 11.5. The van der Waals surface area contributed by atoms with Gasteiger partial charge in [0.15, 0.2) is 0 Å². The molecule has 0 aromatic rings. The number of allylic oxidation sites excluding steroid dienone is 3. The molecule has 6 nitrogen and oxygen atoms in total. The van der Waals surface area contributed by atoms with Crippen LogP contribution in [-0.4, -0.2) is 47.4 Å². The Bertz CT molecular complexity index is 889. The summed E-state index contributed by atoms with van der Waals surface area (Å²) in [5, 5.41) is 23.0. The van der Waals surface area contributed by atoms with Crippen molar-refractivity contribution in [3.8, 4) is 0 Å². The number of hydrogen-bond acceptors (Lipinski definition) is 5. The van der Waals surface area contributed by atoms with Crippen LogP contribution >= 0.6 is 0 Å². The second-order valence-corrected chi connectivity index (χ2v) is 17.1. The lowest BCUT2D eigenvalue weighted by Crippen LogP contribution is -2.45. The van der Waals surface area contributed by atoms with Crippen LogP contribution in [0.25, 0.3) is 0 Å². The predicted octanol–water partition coefficient (Wildman–Crippen LogP) is 14.7. The Balaban J connectivity index is 3.45. The fourth-order valence-corrected chi connectivity index (χ4v) is 7.55. The summed E-state index contributed by atoms with van der Waals surface area (Å²) in [6.45, 7) is 4.84. The summed E-state index contributed by atoms with van der Waals surface area (Å²) in [6.07, 6.45) is 54.6. The molecule has 3 N–H and O–H groups in total. The van der Waals surface area contributed by atoms with Crippen molar-refractivity contribution in [3.63, 3.8) is 0 Å². The van der Waals surface area contributed by atoms with Gasteiger partial charge in [0.05, 0.1) is 25.4 Å². The van der Waals surface area contributed by atoms with E-state index in [4.69, 9.17) is 4.74 Å². The van der Waals surface area contributed by atoms with Gasteiger partial charge in [0.2, 0.25) is 5.91 Å². The van der Waals surface area contributed by atoms with Crippen LogP contribution in [0, 0.1) is 0 Å². The predicted molar refractivity (Wildman–Crippen MR) is 246 cm³/mol. The summed E-state index contributed by atoms with van der Waals surface area (Å²) in [5.74, 6) is -0.0818. The lowest BCUT2D eigenvalue weighted by Gasteiger charge is -2.20. The van der Waals surface area contributed by atoms with Gasteiger partial charge in [-0.3, -0.25) is 9.59 Å². The summed E-state index contributed by atoms with van der Waals surface area (Å²) in [6, 6.07) is -0.630.